The summed E-state index contributed by atoms with van der Waals surface area (Å²) in [4.78, 5) is 0. The Morgan fingerprint density at radius 1 is 1.00 bits per heavy atom. The van der Waals surface area contributed by atoms with E-state index in [0.717, 1.165) is 6.42 Å². The van der Waals surface area contributed by atoms with Gasteiger partial charge in [-0.3, -0.25) is 0 Å². The van der Waals surface area contributed by atoms with Crippen LogP contribution < -0.4 is 11.5 Å². The lowest BCUT2D eigenvalue weighted by Gasteiger charge is -1.98. The monoisotopic (exact) mass is 212 g/mol. The lowest BCUT2D eigenvalue weighted by Crippen LogP contribution is -2.21. The highest BCUT2D eigenvalue weighted by molar-refractivity contribution is 5.76. The minimum absolute atomic E-state index is 0.0193. The molecule has 0 amide bonds. The van der Waals surface area contributed by atoms with E-state index < -0.39 is 0 Å². The van der Waals surface area contributed by atoms with Gasteiger partial charge in [-0.1, -0.05) is 45.4 Å². The molecule has 0 aromatic heterocycles. The van der Waals surface area contributed by atoms with Crippen LogP contribution >= 0.6 is 0 Å². The Balaban J connectivity index is 3.11. The zero-order valence-electron chi connectivity index (χ0n) is 9.78. The molecule has 4 heteroatoms. The number of nitrogens with zero attached hydrogens (tertiary/aromatic N) is 2. The molecule has 0 unspecified atom stereocenters. The highest BCUT2D eigenvalue weighted by Gasteiger charge is 1.89. The average molecular weight is 212 g/mol. The molecule has 0 spiro atoms. The summed E-state index contributed by atoms with van der Waals surface area (Å²) >= 11 is 0. The summed E-state index contributed by atoms with van der Waals surface area (Å²) in [7, 11) is 0. The van der Waals surface area contributed by atoms with Crippen molar-refractivity contribution in [3.8, 4) is 0 Å². The average Bonchev–Trinajstić information content (AvgIpc) is 2.20. The van der Waals surface area contributed by atoms with Crippen molar-refractivity contribution in [2.75, 3.05) is 0 Å². The van der Waals surface area contributed by atoms with Crippen LogP contribution in [0.4, 0.5) is 0 Å². The number of nitrogens with two attached hydrogens (primary N) is 2. The van der Waals surface area contributed by atoms with E-state index in [9.17, 15) is 0 Å². The summed E-state index contributed by atoms with van der Waals surface area (Å²) in [6.45, 7) is 2.24. The van der Waals surface area contributed by atoms with Crippen molar-refractivity contribution in [3.63, 3.8) is 0 Å². The minimum atomic E-state index is 0.0193. The second-order valence-electron chi connectivity index (χ2n) is 3.73. The van der Waals surface area contributed by atoms with Crippen molar-refractivity contribution in [2.45, 2.75) is 58.3 Å². The molecule has 0 saturated heterocycles. The van der Waals surface area contributed by atoms with Crippen molar-refractivity contribution >= 4 is 12.2 Å². The number of unbranched alkanes of at least 4 members (excludes halogenated alkanes) is 7. The standard InChI is InChI=1S/C11H24N4/c1-2-3-4-5-6-7-8-9-10-14-15-11(12)13/h10H,2-9H2,1H3,(H4,12,13,15)/b14-10-. The highest BCUT2D eigenvalue weighted by atomic mass is 15.3. The van der Waals surface area contributed by atoms with Crippen molar-refractivity contribution < 1.29 is 0 Å². The first kappa shape index (κ1) is 13.9. The Morgan fingerprint density at radius 3 is 2.20 bits per heavy atom. The summed E-state index contributed by atoms with van der Waals surface area (Å²) in [6, 6.07) is 0. The number of hydrogen-bond acceptors (Lipinski definition) is 2. The third-order valence-electron chi connectivity index (χ3n) is 2.19. The first-order valence-corrected chi connectivity index (χ1v) is 5.87. The number of guanidine groups is 1. The fourth-order valence-corrected chi connectivity index (χ4v) is 1.36. The molecule has 15 heavy (non-hydrogen) atoms. The summed E-state index contributed by atoms with van der Waals surface area (Å²) < 4.78 is 0. The van der Waals surface area contributed by atoms with Gasteiger partial charge in [0.15, 0.2) is 0 Å². The molecule has 0 fully saturated rings. The van der Waals surface area contributed by atoms with Gasteiger partial charge in [0.05, 0.1) is 0 Å². The quantitative estimate of drug-likeness (QED) is 0.266. The largest absolute Gasteiger partial charge is 0.369 e. The van der Waals surface area contributed by atoms with Crippen molar-refractivity contribution in [1.29, 1.82) is 0 Å². The van der Waals surface area contributed by atoms with Crippen molar-refractivity contribution in [1.82, 2.24) is 0 Å². The molecule has 0 aromatic carbocycles. The van der Waals surface area contributed by atoms with Gasteiger partial charge in [0.2, 0.25) is 5.96 Å². The zero-order chi connectivity index (χ0) is 11.4. The van der Waals surface area contributed by atoms with Crippen LogP contribution in [0.3, 0.4) is 0 Å². The van der Waals surface area contributed by atoms with E-state index in [1.807, 2.05) is 0 Å². The summed E-state index contributed by atoms with van der Waals surface area (Å²) in [6.07, 6.45) is 11.9. The minimum Gasteiger partial charge on any atom is -0.369 e. The van der Waals surface area contributed by atoms with Crippen molar-refractivity contribution in [3.05, 3.63) is 0 Å². The van der Waals surface area contributed by atoms with E-state index in [2.05, 4.69) is 17.1 Å². The van der Waals surface area contributed by atoms with Gasteiger partial charge in [0.25, 0.3) is 0 Å². The predicted octanol–water partition coefficient (Wildman–Crippen LogP) is 2.39. The smallest absolute Gasteiger partial charge is 0.211 e. The van der Waals surface area contributed by atoms with Gasteiger partial charge in [-0.05, 0) is 12.8 Å². The Kier molecular flexibility index (Phi) is 10.2. The molecular formula is C11H24N4. The Labute approximate surface area is 92.8 Å². The molecule has 0 radical (unpaired) electrons. The van der Waals surface area contributed by atoms with Crippen LogP contribution in [0.25, 0.3) is 0 Å². The summed E-state index contributed by atoms with van der Waals surface area (Å²) in [5.41, 5.74) is 10.2. The summed E-state index contributed by atoms with van der Waals surface area (Å²) in [5.74, 6) is 0.0193. The predicted molar refractivity (Wildman–Crippen MR) is 66.9 cm³/mol. The molecule has 0 atom stereocenters. The molecule has 0 bridgehead atoms. The second kappa shape index (κ2) is 11.0. The SMILES string of the molecule is CCCCCCCCC/C=N\N=C(N)N. The molecular weight excluding hydrogens is 188 g/mol. The normalized spacial score (nSPS) is 10.7. The second-order valence-corrected chi connectivity index (χ2v) is 3.73. The lowest BCUT2D eigenvalue weighted by molar-refractivity contribution is 0.596. The highest BCUT2D eigenvalue weighted by Crippen LogP contribution is 2.07. The van der Waals surface area contributed by atoms with Crippen LogP contribution in [-0.2, 0) is 0 Å². The molecule has 4 nitrogen and oxygen atoms in total. The molecule has 4 N–H and O–H groups in total. The number of hydrogen-bond donors (Lipinski definition) is 2. The van der Waals surface area contributed by atoms with Crippen LogP contribution in [-0.4, -0.2) is 12.2 Å². The van der Waals surface area contributed by atoms with E-state index in [1.165, 1.54) is 44.9 Å². The number of rotatable bonds is 9. The lowest BCUT2D eigenvalue weighted by atomic mass is 10.1. The van der Waals surface area contributed by atoms with Crippen LogP contribution in [0.5, 0.6) is 0 Å². The van der Waals surface area contributed by atoms with Gasteiger partial charge in [-0.25, -0.2) is 0 Å². The Bertz CT molecular complexity index is 183. The fourth-order valence-electron chi connectivity index (χ4n) is 1.36. The third-order valence-corrected chi connectivity index (χ3v) is 2.19. The van der Waals surface area contributed by atoms with E-state index in [0.29, 0.717) is 0 Å². The van der Waals surface area contributed by atoms with Crippen LogP contribution in [0, 0.1) is 0 Å². The zero-order valence-corrected chi connectivity index (χ0v) is 9.78. The van der Waals surface area contributed by atoms with Gasteiger partial charge < -0.3 is 11.5 Å². The maximum absolute atomic E-state index is 5.12. The molecule has 0 aliphatic heterocycles. The third kappa shape index (κ3) is 12.9. The van der Waals surface area contributed by atoms with E-state index in [-0.39, 0.29) is 5.96 Å². The molecule has 0 saturated carbocycles. The molecule has 0 heterocycles. The Hall–Kier alpha value is -1.06. The van der Waals surface area contributed by atoms with Crippen LogP contribution in [0.1, 0.15) is 58.3 Å². The molecule has 0 aromatic rings. The molecule has 0 aliphatic rings. The van der Waals surface area contributed by atoms with E-state index in [1.54, 1.807) is 6.21 Å². The van der Waals surface area contributed by atoms with Gasteiger partial charge in [0, 0.05) is 6.21 Å². The first-order chi connectivity index (χ1) is 7.27. The topological polar surface area (TPSA) is 76.8 Å². The van der Waals surface area contributed by atoms with Gasteiger partial charge in [0.1, 0.15) is 0 Å². The molecule has 0 rings (SSSR count). The van der Waals surface area contributed by atoms with Crippen LogP contribution in [0.2, 0.25) is 0 Å². The molecule has 0 aliphatic carbocycles. The maximum Gasteiger partial charge on any atom is 0.211 e. The fraction of sp³-hybridized carbons (Fsp3) is 0.818. The van der Waals surface area contributed by atoms with Gasteiger partial charge >= 0.3 is 0 Å². The first-order valence-electron chi connectivity index (χ1n) is 5.87. The molecule has 88 valence electrons. The van der Waals surface area contributed by atoms with Crippen LogP contribution in [0.15, 0.2) is 10.2 Å². The Morgan fingerprint density at radius 2 is 1.60 bits per heavy atom. The van der Waals surface area contributed by atoms with Crippen molar-refractivity contribution in [2.24, 2.45) is 21.7 Å². The van der Waals surface area contributed by atoms with Gasteiger partial charge in [-0.2, -0.15) is 5.10 Å². The maximum atomic E-state index is 5.12. The van der Waals surface area contributed by atoms with E-state index >= 15 is 0 Å². The van der Waals surface area contributed by atoms with Gasteiger partial charge in [-0.15, -0.1) is 5.10 Å². The summed E-state index contributed by atoms with van der Waals surface area (Å²) in [5, 5.41) is 7.26. The van der Waals surface area contributed by atoms with E-state index in [4.69, 9.17) is 11.5 Å².